The topological polar surface area (TPSA) is 29.3 Å². The second-order valence-corrected chi connectivity index (χ2v) is 5.18. The van der Waals surface area contributed by atoms with E-state index in [2.05, 4.69) is 43.0 Å². The lowest BCUT2D eigenvalue weighted by Gasteiger charge is -2.34. The molecule has 0 heterocycles. The van der Waals surface area contributed by atoms with Crippen molar-refractivity contribution in [1.82, 2.24) is 0 Å². The summed E-state index contributed by atoms with van der Waals surface area (Å²) in [6.07, 6.45) is 4.21. The number of anilines is 1. The van der Waals surface area contributed by atoms with Crippen molar-refractivity contribution >= 4 is 5.69 Å². The molecule has 0 amide bonds. The van der Waals surface area contributed by atoms with E-state index in [0.29, 0.717) is 0 Å². The Labute approximate surface area is 105 Å². The van der Waals surface area contributed by atoms with E-state index in [9.17, 15) is 0 Å². The highest BCUT2D eigenvalue weighted by Gasteiger charge is 2.21. The number of rotatable bonds is 5. The van der Waals surface area contributed by atoms with Crippen LogP contribution in [0.1, 0.15) is 44.7 Å². The van der Waals surface area contributed by atoms with Crippen molar-refractivity contribution in [2.75, 3.05) is 18.0 Å². The SMILES string of the molecule is CCN(CC1CCC1)c1ccccc1[C@H](C)N. The largest absolute Gasteiger partial charge is 0.371 e. The van der Waals surface area contributed by atoms with E-state index in [-0.39, 0.29) is 6.04 Å². The van der Waals surface area contributed by atoms with Gasteiger partial charge in [0, 0.05) is 24.8 Å². The molecule has 2 heteroatoms. The molecule has 0 bridgehead atoms. The van der Waals surface area contributed by atoms with E-state index in [1.807, 2.05) is 0 Å². The zero-order valence-electron chi connectivity index (χ0n) is 11.0. The van der Waals surface area contributed by atoms with Gasteiger partial charge in [0.25, 0.3) is 0 Å². The van der Waals surface area contributed by atoms with Crippen LogP contribution in [0.15, 0.2) is 24.3 Å². The highest BCUT2D eigenvalue weighted by molar-refractivity contribution is 5.54. The maximum absolute atomic E-state index is 6.06. The quantitative estimate of drug-likeness (QED) is 0.843. The number of nitrogens with two attached hydrogens (primary N) is 1. The molecule has 1 saturated carbocycles. The molecule has 2 nitrogen and oxygen atoms in total. The minimum Gasteiger partial charge on any atom is -0.371 e. The first-order chi connectivity index (χ1) is 8.22. The van der Waals surface area contributed by atoms with Crippen molar-refractivity contribution in [2.24, 2.45) is 11.7 Å². The van der Waals surface area contributed by atoms with E-state index < -0.39 is 0 Å². The molecule has 94 valence electrons. The molecule has 1 atom stereocenters. The van der Waals surface area contributed by atoms with Gasteiger partial charge in [0.2, 0.25) is 0 Å². The van der Waals surface area contributed by atoms with Crippen molar-refractivity contribution in [3.8, 4) is 0 Å². The number of para-hydroxylation sites is 1. The second kappa shape index (κ2) is 5.54. The average Bonchev–Trinajstić information content (AvgIpc) is 2.28. The van der Waals surface area contributed by atoms with Gasteiger partial charge in [0.15, 0.2) is 0 Å². The Morgan fingerprint density at radius 1 is 1.35 bits per heavy atom. The lowest BCUT2D eigenvalue weighted by atomic mass is 9.85. The molecule has 0 radical (unpaired) electrons. The Balaban J connectivity index is 2.16. The number of hydrogen-bond acceptors (Lipinski definition) is 2. The summed E-state index contributed by atoms with van der Waals surface area (Å²) >= 11 is 0. The van der Waals surface area contributed by atoms with Crippen molar-refractivity contribution in [1.29, 1.82) is 0 Å². The van der Waals surface area contributed by atoms with Crippen LogP contribution >= 0.6 is 0 Å². The van der Waals surface area contributed by atoms with Gasteiger partial charge in [-0.1, -0.05) is 24.6 Å². The molecule has 0 unspecified atom stereocenters. The third-order valence-corrected chi connectivity index (χ3v) is 3.85. The molecule has 1 fully saturated rings. The first kappa shape index (κ1) is 12.4. The molecule has 2 N–H and O–H groups in total. The first-order valence-corrected chi connectivity index (χ1v) is 6.81. The lowest BCUT2D eigenvalue weighted by Crippen LogP contribution is -2.33. The van der Waals surface area contributed by atoms with Gasteiger partial charge in [0.1, 0.15) is 0 Å². The van der Waals surface area contributed by atoms with Crippen molar-refractivity contribution in [3.05, 3.63) is 29.8 Å². The molecule has 1 aliphatic rings. The van der Waals surface area contributed by atoms with Gasteiger partial charge in [-0.05, 0) is 44.2 Å². The lowest BCUT2D eigenvalue weighted by molar-refractivity contribution is 0.318. The summed E-state index contributed by atoms with van der Waals surface area (Å²) in [7, 11) is 0. The third-order valence-electron chi connectivity index (χ3n) is 3.85. The number of benzene rings is 1. The fraction of sp³-hybridized carbons (Fsp3) is 0.600. The van der Waals surface area contributed by atoms with Gasteiger partial charge in [-0.15, -0.1) is 0 Å². The standard InChI is InChI=1S/C15H24N2/c1-3-17(11-13-7-6-8-13)15-10-5-4-9-14(15)12(2)16/h4-5,9-10,12-13H,3,6-8,11,16H2,1-2H3/t12-/m0/s1. The van der Waals surface area contributed by atoms with Crippen LogP contribution in [0.2, 0.25) is 0 Å². The Morgan fingerprint density at radius 3 is 2.59 bits per heavy atom. The van der Waals surface area contributed by atoms with Gasteiger partial charge in [-0.25, -0.2) is 0 Å². The number of nitrogens with zero attached hydrogens (tertiary/aromatic N) is 1. The highest BCUT2D eigenvalue weighted by atomic mass is 15.1. The average molecular weight is 232 g/mol. The molecular formula is C15H24N2. The van der Waals surface area contributed by atoms with E-state index in [1.165, 1.54) is 37.1 Å². The van der Waals surface area contributed by atoms with Crippen LogP contribution in [0, 0.1) is 5.92 Å². The van der Waals surface area contributed by atoms with Crippen LogP contribution in [0.5, 0.6) is 0 Å². The van der Waals surface area contributed by atoms with E-state index >= 15 is 0 Å². The summed E-state index contributed by atoms with van der Waals surface area (Å²) in [6.45, 7) is 6.56. The first-order valence-electron chi connectivity index (χ1n) is 6.81. The zero-order valence-corrected chi connectivity index (χ0v) is 11.0. The smallest absolute Gasteiger partial charge is 0.0414 e. The van der Waals surface area contributed by atoms with E-state index in [0.717, 1.165) is 12.5 Å². The van der Waals surface area contributed by atoms with Crippen LogP contribution in [0.25, 0.3) is 0 Å². The van der Waals surface area contributed by atoms with E-state index in [1.54, 1.807) is 0 Å². The van der Waals surface area contributed by atoms with Gasteiger partial charge in [-0.3, -0.25) is 0 Å². The maximum atomic E-state index is 6.06. The highest BCUT2D eigenvalue weighted by Crippen LogP contribution is 2.31. The van der Waals surface area contributed by atoms with Gasteiger partial charge in [0.05, 0.1) is 0 Å². The van der Waals surface area contributed by atoms with Gasteiger partial charge in [-0.2, -0.15) is 0 Å². The summed E-state index contributed by atoms with van der Waals surface area (Å²) in [5, 5.41) is 0. The van der Waals surface area contributed by atoms with Gasteiger partial charge < -0.3 is 10.6 Å². The summed E-state index contributed by atoms with van der Waals surface area (Å²) < 4.78 is 0. The molecule has 0 aromatic heterocycles. The summed E-state index contributed by atoms with van der Waals surface area (Å²) in [5.41, 5.74) is 8.66. The Bertz CT molecular complexity index is 356. The fourth-order valence-corrected chi connectivity index (χ4v) is 2.55. The predicted molar refractivity (Wildman–Crippen MR) is 74.3 cm³/mol. The molecule has 2 rings (SSSR count). The maximum Gasteiger partial charge on any atom is 0.0414 e. The molecule has 17 heavy (non-hydrogen) atoms. The van der Waals surface area contributed by atoms with Crippen LogP contribution in [0.4, 0.5) is 5.69 Å². The zero-order chi connectivity index (χ0) is 12.3. The molecule has 0 aliphatic heterocycles. The summed E-state index contributed by atoms with van der Waals surface area (Å²) in [4.78, 5) is 2.49. The normalized spacial score (nSPS) is 17.6. The van der Waals surface area contributed by atoms with Crippen LogP contribution in [0.3, 0.4) is 0 Å². The molecule has 0 saturated heterocycles. The minimum atomic E-state index is 0.113. The molecule has 0 spiro atoms. The van der Waals surface area contributed by atoms with Crippen LogP contribution < -0.4 is 10.6 Å². The van der Waals surface area contributed by atoms with Crippen molar-refractivity contribution in [2.45, 2.75) is 39.2 Å². The third kappa shape index (κ3) is 2.81. The van der Waals surface area contributed by atoms with Crippen LogP contribution in [-0.4, -0.2) is 13.1 Å². The Kier molecular flexibility index (Phi) is 4.06. The van der Waals surface area contributed by atoms with Gasteiger partial charge >= 0.3 is 0 Å². The number of hydrogen-bond donors (Lipinski definition) is 1. The van der Waals surface area contributed by atoms with Crippen LogP contribution in [-0.2, 0) is 0 Å². The monoisotopic (exact) mass is 232 g/mol. The van der Waals surface area contributed by atoms with E-state index in [4.69, 9.17) is 5.73 Å². The summed E-state index contributed by atoms with van der Waals surface area (Å²) in [5.74, 6) is 0.899. The molecule has 1 aliphatic carbocycles. The Morgan fingerprint density at radius 2 is 2.06 bits per heavy atom. The second-order valence-electron chi connectivity index (χ2n) is 5.18. The Hall–Kier alpha value is -1.02. The van der Waals surface area contributed by atoms with Crippen molar-refractivity contribution in [3.63, 3.8) is 0 Å². The minimum absolute atomic E-state index is 0.113. The molecule has 1 aromatic rings. The molecule has 1 aromatic carbocycles. The molecular weight excluding hydrogens is 208 g/mol. The van der Waals surface area contributed by atoms with Crippen molar-refractivity contribution < 1.29 is 0 Å². The fourth-order valence-electron chi connectivity index (χ4n) is 2.55. The predicted octanol–water partition coefficient (Wildman–Crippen LogP) is 3.33. The summed E-state index contributed by atoms with van der Waals surface area (Å²) in [6, 6.07) is 8.68.